The Morgan fingerprint density at radius 2 is 2.00 bits per heavy atom. The summed E-state index contributed by atoms with van der Waals surface area (Å²) in [5.74, 6) is 0.699. The van der Waals surface area contributed by atoms with Gasteiger partial charge in [-0.2, -0.15) is 0 Å². The zero-order valence-electron chi connectivity index (χ0n) is 11.5. The van der Waals surface area contributed by atoms with Gasteiger partial charge in [0.05, 0.1) is 4.90 Å². The molecule has 0 bridgehead atoms. The molecule has 0 aliphatic heterocycles. The van der Waals surface area contributed by atoms with E-state index < -0.39 is 10.0 Å². The monoisotopic (exact) mass is 282 g/mol. The highest BCUT2D eigenvalue weighted by molar-refractivity contribution is 7.89. The number of rotatable bonds is 7. The first-order valence-corrected chi connectivity index (χ1v) is 8.31. The van der Waals surface area contributed by atoms with Crippen molar-refractivity contribution in [2.75, 3.05) is 13.6 Å². The van der Waals surface area contributed by atoms with Crippen LogP contribution in [0.4, 0.5) is 0 Å². The highest BCUT2D eigenvalue weighted by Crippen LogP contribution is 2.34. The fourth-order valence-electron chi connectivity index (χ4n) is 2.45. The second kappa shape index (κ2) is 6.03. The van der Waals surface area contributed by atoms with E-state index in [1.807, 2.05) is 12.1 Å². The largest absolute Gasteiger partial charge is 0.314 e. The van der Waals surface area contributed by atoms with Crippen LogP contribution in [0.5, 0.6) is 0 Å². The summed E-state index contributed by atoms with van der Waals surface area (Å²) in [6.45, 7) is 3.01. The van der Waals surface area contributed by atoms with E-state index in [0.29, 0.717) is 16.9 Å². The zero-order chi connectivity index (χ0) is 13.9. The van der Waals surface area contributed by atoms with Crippen LogP contribution < -0.4 is 10.0 Å². The lowest BCUT2D eigenvalue weighted by atomic mass is 10.0. The van der Waals surface area contributed by atoms with Crippen LogP contribution in [0.25, 0.3) is 0 Å². The Morgan fingerprint density at radius 3 is 2.58 bits per heavy atom. The summed E-state index contributed by atoms with van der Waals surface area (Å²) in [5.41, 5.74) is 0.898. The summed E-state index contributed by atoms with van der Waals surface area (Å²) >= 11 is 0. The summed E-state index contributed by atoms with van der Waals surface area (Å²) in [5, 5.41) is 3.47. The van der Waals surface area contributed by atoms with E-state index in [1.165, 1.54) is 19.9 Å². The predicted molar refractivity (Wildman–Crippen MR) is 76.6 cm³/mol. The molecule has 106 valence electrons. The second-order valence-corrected chi connectivity index (χ2v) is 6.88. The molecule has 1 fully saturated rings. The smallest absolute Gasteiger partial charge is 0.240 e. The van der Waals surface area contributed by atoms with Crippen molar-refractivity contribution in [2.45, 2.75) is 37.1 Å². The van der Waals surface area contributed by atoms with Crippen LogP contribution in [0.3, 0.4) is 0 Å². The average Bonchev–Trinajstić information content (AvgIpc) is 3.23. The lowest BCUT2D eigenvalue weighted by molar-refractivity contribution is 0.469. The minimum Gasteiger partial charge on any atom is -0.314 e. The Morgan fingerprint density at radius 1 is 1.32 bits per heavy atom. The van der Waals surface area contributed by atoms with Crippen LogP contribution in [0, 0.1) is 5.92 Å². The minimum absolute atomic E-state index is 0.387. The molecule has 0 aromatic heterocycles. The molecule has 0 spiro atoms. The van der Waals surface area contributed by atoms with E-state index >= 15 is 0 Å². The van der Waals surface area contributed by atoms with E-state index in [9.17, 15) is 8.42 Å². The number of likely N-dealkylation sites (N-methyl/N-ethyl adjacent to an activating group) is 1. The molecule has 0 saturated heterocycles. The zero-order valence-corrected chi connectivity index (χ0v) is 12.3. The Bertz CT molecular complexity index is 524. The second-order valence-electron chi connectivity index (χ2n) is 5.02. The lowest BCUT2D eigenvalue weighted by Gasteiger charge is -2.19. The summed E-state index contributed by atoms with van der Waals surface area (Å²) in [7, 11) is -1.92. The van der Waals surface area contributed by atoms with Gasteiger partial charge in [-0.15, -0.1) is 0 Å². The van der Waals surface area contributed by atoms with Gasteiger partial charge in [0.15, 0.2) is 0 Å². The molecule has 2 N–H and O–H groups in total. The molecular weight excluding hydrogens is 260 g/mol. The molecule has 1 aromatic carbocycles. The van der Waals surface area contributed by atoms with Gasteiger partial charge < -0.3 is 5.32 Å². The number of nitrogens with one attached hydrogen (secondary N) is 2. The third-order valence-electron chi connectivity index (χ3n) is 3.63. The van der Waals surface area contributed by atoms with Gasteiger partial charge >= 0.3 is 0 Å². The van der Waals surface area contributed by atoms with Crippen molar-refractivity contribution < 1.29 is 8.42 Å². The fourth-order valence-corrected chi connectivity index (χ4v) is 3.42. The van der Waals surface area contributed by atoms with Gasteiger partial charge in [-0.1, -0.05) is 25.1 Å². The first-order valence-electron chi connectivity index (χ1n) is 6.83. The maximum absolute atomic E-state index is 12.0. The summed E-state index contributed by atoms with van der Waals surface area (Å²) in [4.78, 5) is 0.404. The molecule has 1 saturated carbocycles. The molecule has 5 heteroatoms. The van der Waals surface area contributed by atoms with Crippen molar-refractivity contribution in [3.05, 3.63) is 29.8 Å². The SMILES string of the molecule is CCNC(Cc1ccccc1S(=O)(=O)NC)C1CC1. The number of hydrogen-bond acceptors (Lipinski definition) is 3. The van der Waals surface area contributed by atoms with E-state index in [4.69, 9.17) is 0 Å². The molecule has 0 radical (unpaired) electrons. The first kappa shape index (κ1) is 14.5. The molecule has 1 atom stereocenters. The number of benzene rings is 1. The standard InChI is InChI=1S/C14H22N2O2S/c1-3-16-13(11-8-9-11)10-12-6-4-5-7-14(12)19(17,18)15-2/h4-7,11,13,15-16H,3,8-10H2,1-2H3. The topological polar surface area (TPSA) is 58.2 Å². The number of hydrogen-bond donors (Lipinski definition) is 2. The van der Waals surface area contributed by atoms with Gasteiger partial charge in [0.2, 0.25) is 10.0 Å². The third kappa shape index (κ3) is 3.55. The highest BCUT2D eigenvalue weighted by atomic mass is 32.2. The molecule has 1 aliphatic carbocycles. The van der Waals surface area contributed by atoms with Gasteiger partial charge in [0, 0.05) is 6.04 Å². The number of sulfonamides is 1. The average molecular weight is 282 g/mol. The molecule has 1 unspecified atom stereocenters. The van der Waals surface area contributed by atoms with Crippen LogP contribution in [0.15, 0.2) is 29.2 Å². The van der Waals surface area contributed by atoms with E-state index in [0.717, 1.165) is 18.5 Å². The summed E-state index contributed by atoms with van der Waals surface area (Å²) in [6, 6.07) is 7.65. The molecule has 0 heterocycles. The van der Waals surface area contributed by atoms with Gasteiger partial charge in [0.25, 0.3) is 0 Å². The van der Waals surface area contributed by atoms with Crippen molar-refractivity contribution in [1.29, 1.82) is 0 Å². The Balaban J connectivity index is 2.24. The van der Waals surface area contributed by atoms with Crippen molar-refractivity contribution in [2.24, 2.45) is 5.92 Å². The van der Waals surface area contributed by atoms with Crippen molar-refractivity contribution >= 4 is 10.0 Å². The van der Waals surface area contributed by atoms with Crippen molar-refractivity contribution in [1.82, 2.24) is 10.0 Å². The molecule has 2 rings (SSSR count). The van der Waals surface area contributed by atoms with Crippen LogP contribution in [-0.4, -0.2) is 28.1 Å². The highest BCUT2D eigenvalue weighted by Gasteiger charge is 2.31. The Labute approximate surface area is 115 Å². The van der Waals surface area contributed by atoms with Crippen LogP contribution in [0.2, 0.25) is 0 Å². The van der Waals surface area contributed by atoms with Gasteiger partial charge in [-0.25, -0.2) is 13.1 Å². The molecule has 0 amide bonds. The van der Waals surface area contributed by atoms with Crippen LogP contribution in [0.1, 0.15) is 25.3 Å². The Kier molecular flexibility index (Phi) is 4.60. The summed E-state index contributed by atoms with van der Waals surface area (Å²) in [6.07, 6.45) is 3.27. The normalized spacial score (nSPS) is 17.4. The molecular formula is C14H22N2O2S. The van der Waals surface area contributed by atoms with E-state index in [1.54, 1.807) is 12.1 Å². The predicted octanol–water partition coefficient (Wildman–Crippen LogP) is 1.53. The maximum atomic E-state index is 12.0. The van der Waals surface area contributed by atoms with Gasteiger partial charge in [-0.05, 0) is 50.4 Å². The van der Waals surface area contributed by atoms with E-state index in [-0.39, 0.29) is 0 Å². The molecule has 19 heavy (non-hydrogen) atoms. The maximum Gasteiger partial charge on any atom is 0.240 e. The molecule has 1 aliphatic rings. The van der Waals surface area contributed by atoms with Crippen molar-refractivity contribution in [3.63, 3.8) is 0 Å². The van der Waals surface area contributed by atoms with Crippen molar-refractivity contribution in [3.8, 4) is 0 Å². The van der Waals surface area contributed by atoms with Gasteiger partial charge in [0.1, 0.15) is 0 Å². The summed E-state index contributed by atoms with van der Waals surface area (Å²) < 4.78 is 26.4. The Hall–Kier alpha value is -0.910. The fraction of sp³-hybridized carbons (Fsp3) is 0.571. The van der Waals surface area contributed by atoms with Crippen LogP contribution >= 0.6 is 0 Å². The third-order valence-corrected chi connectivity index (χ3v) is 5.14. The molecule has 4 nitrogen and oxygen atoms in total. The van der Waals surface area contributed by atoms with E-state index in [2.05, 4.69) is 17.0 Å². The van der Waals surface area contributed by atoms with Crippen LogP contribution in [-0.2, 0) is 16.4 Å². The minimum atomic E-state index is -3.37. The van der Waals surface area contributed by atoms with Gasteiger partial charge in [-0.3, -0.25) is 0 Å². The molecule has 1 aromatic rings. The quantitative estimate of drug-likeness (QED) is 0.797. The lowest BCUT2D eigenvalue weighted by Crippen LogP contribution is -2.33. The first-order chi connectivity index (χ1) is 9.08.